The van der Waals surface area contributed by atoms with Gasteiger partial charge >= 0.3 is 31.4 Å². The van der Waals surface area contributed by atoms with Gasteiger partial charge in [-0.05, 0) is 38.8 Å². The van der Waals surface area contributed by atoms with Gasteiger partial charge in [0, 0.05) is 0 Å². The van der Waals surface area contributed by atoms with Gasteiger partial charge in [-0.2, -0.15) is 0 Å². The van der Waals surface area contributed by atoms with Crippen LogP contribution in [-0.4, -0.2) is 47.3 Å². The Hall–Kier alpha value is -0.0166. The number of rotatable bonds is 10. The standard InChI is InChI=1S/2C6H14N2O2.2ClH.Zn/c2*7-4-2-1-3-5(8)6(9)10;;;/h2*5H,1-4,7-8H2,(H,9,10);2*1H;/q;;;;+2/p-2. The van der Waals surface area contributed by atoms with Gasteiger partial charge in [0.25, 0.3) is 0 Å². The monoisotopic (exact) mass is 426 g/mol. The number of hydrogen-bond donors (Lipinski definition) is 6. The third-order valence-corrected chi connectivity index (χ3v) is 2.57. The van der Waals surface area contributed by atoms with Crippen LogP contribution in [0.3, 0.4) is 0 Å². The normalized spacial score (nSPS) is 11.3. The fourth-order valence-corrected chi connectivity index (χ4v) is 1.26. The topological polar surface area (TPSA) is 179 Å². The summed E-state index contributed by atoms with van der Waals surface area (Å²) < 4.78 is 0. The predicted octanol–water partition coefficient (Wildman–Crippen LogP) is -6.94. The molecular weight excluding hydrogens is 400 g/mol. The third kappa shape index (κ3) is 27.1. The van der Waals surface area contributed by atoms with Gasteiger partial charge in [0.05, 0.1) is 0 Å². The predicted molar refractivity (Wildman–Crippen MR) is 77.0 cm³/mol. The molecule has 0 rings (SSSR count). The van der Waals surface area contributed by atoms with E-state index in [4.69, 9.17) is 33.1 Å². The maximum Gasteiger partial charge on any atom is 2.00 e. The first-order chi connectivity index (χ1) is 9.36. The second-order valence-corrected chi connectivity index (χ2v) is 4.46. The van der Waals surface area contributed by atoms with Gasteiger partial charge in [-0.25, -0.2) is 0 Å². The van der Waals surface area contributed by atoms with Crippen molar-refractivity contribution < 1.29 is 64.1 Å². The quantitative estimate of drug-likeness (QED) is 0.147. The number of nitrogens with two attached hydrogens (primary N) is 4. The largest absolute Gasteiger partial charge is 2.00 e. The Labute approximate surface area is 162 Å². The van der Waals surface area contributed by atoms with E-state index in [-0.39, 0.29) is 44.3 Å². The fraction of sp³-hybridized carbons (Fsp3) is 0.833. The fourth-order valence-electron chi connectivity index (χ4n) is 1.26. The molecule has 0 amide bonds. The minimum Gasteiger partial charge on any atom is -1.00 e. The number of carbonyl (C=O) groups is 2. The molecule has 0 fully saturated rings. The molecule has 0 heterocycles. The van der Waals surface area contributed by atoms with Crippen LogP contribution in [0, 0.1) is 0 Å². The Morgan fingerprint density at radius 3 is 1.17 bits per heavy atom. The van der Waals surface area contributed by atoms with E-state index in [1.165, 1.54) is 0 Å². The zero-order valence-electron chi connectivity index (χ0n) is 13.3. The minimum absolute atomic E-state index is 0. The van der Waals surface area contributed by atoms with Crippen LogP contribution in [-0.2, 0) is 29.1 Å². The van der Waals surface area contributed by atoms with Crippen LogP contribution in [0.2, 0.25) is 0 Å². The molecule has 10 N–H and O–H groups in total. The summed E-state index contributed by atoms with van der Waals surface area (Å²) in [6.07, 6.45) is 4.33. The van der Waals surface area contributed by atoms with Gasteiger partial charge in [0.1, 0.15) is 12.1 Å². The van der Waals surface area contributed by atoms with Crippen molar-refractivity contribution >= 4 is 11.9 Å². The second-order valence-electron chi connectivity index (χ2n) is 4.46. The van der Waals surface area contributed by atoms with E-state index < -0.39 is 24.0 Å². The molecule has 0 radical (unpaired) electrons. The second kappa shape index (κ2) is 24.2. The summed E-state index contributed by atoms with van der Waals surface area (Å²) in [5, 5.41) is 16.7. The smallest absolute Gasteiger partial charge is 1.00 e. The summed E-state index contributed by atoms with van der Waals surface area (Å²) in [5.41, 5.74) is 20.8. The SMILES string of the molecule is NCCCCC(N)C(=O)O.NCCCCC(N)C(=O)O.[Cl-].[Cl-].[Zn+2]. The number of aliphatic carboxylic acids is 2. The number of hydrogen-bond acceptors (Lipinski definition) is 6. The van der Waals surface area contributed by atoms with E-state index in [2.05, 4.69) is 0 Å². The van der Waals surface area contributed by atoms with Gasteiger partial charge < -0.3 is 58.0 Å². The molecular formula is C12H28Cl2N4O4Zn. The molecule has 2 atom stereocenters. The zero-order valence-corrected chi connectivity index (χ0v) is 17.8. The molecule has 0 spiro atoms. The summed E-state index contributed by atoms with van der Waals surface area (Å²) in [4.78, 5) is 20.3. The molecule has 2 unspecified atom stereocenters. The average Bonchev–Trinajstić information content (AvgIpc) is 2.39. The molecule has 0 bridgehead atoms. The number of carboxylic acid groups (broad SMARTS) is 2. The summed E-state index contributed by atoms with van der Waals surface area (Å²) in [5.74, 6) is -1.87. The molecule has 0 aromatic carbocycles. The molecule has 0 aliphatic rings. The van der Waals surface area contributed by atoms with E-state index >= 15 is 0 Å². The van der Waals surface area contributed by atoms with Crippen LogP contribution >= 0.6 is 0 Å². The van der Waals surface area contributed by atoms with Crippen LogP contribution in [0.4, 0.5) is 0 Å². The van der Waals surface area contributed by atoms with Gasteiger partial charge in [-0.1, -0.05) is 12.8 Å². The summed E-state index contributed by atoms with van der Waals surface area (Å²) in [6, 6.07) is -1.43. The third-order valence-electron chi connectivity index (χ3n) is 2.57. The Balaban J connectivity index is -0.0000000831. The van der Waals surface area contributed by atoms with Crippen molar-refractivity contribution in [2.75, 3.05) is 13.1 Å². The van der Waals surface area contributed by atoms with E-state index in [1.54, 1.807) is 0 Å². The maximum atomic E-state index is 10.1. The average molecular weight is 429 g/mol. The molecule has 0 saturated carbocycles. The maximum absolute atomic E-state index is 10.1. The molecule has 136 valence electrons. The van der Waals surface area contributed by atoms with E-state index in [0.717, 1.165) is 25.7 Å². The summed E-state index contributed by atoms with van der Waals surface area (Å²) in [7, 11) is 0. The molecule has 0 aromatic heterocycles. The Kier molecular flexibility index (Phi) is 36.2. The molecule has 0 aliphatic carbocycles. The van der Waals surface area contributed by atoms with Crippen molar-refractivity contribution in [1.29, 1.82) is 0 Å². The molecule has 23 heavy (non-hydrogen) atoms. The van der Waals surface area contributed by atoms with Crippen LogP contribution in [0.1, 0.15) is 38.5 Å². The van der Waals surface area contributed by atoms with Crippen molar-refractivity contribution in [3.63, 3.8) is 0 Å². The van der Waals surface area contributed by atoms with Crippen LogP contribution in [0.25, 0.3) is 0 Å². The van der Waals surface area contributed by atoms with E-state index in [0.29, 0.717) is 25.9 Å². The minimum atomic E-state index is -0.933. The molecule has 0 saturated heterocycles. The van der Waals surface area contributed by atoms with E-state index in [1.807, 2.05) is 0 Å². The van der Waals surface area contributed by atoms with Crippen molar-refractivity contribution in [2.24, 2.45) is 22.9 Å². The molecule has 0 aliphatic heterocycles. The summed E-state index contributed by atoms with van der Waals surface area (Å²) in [6.45, 7) is 1.21. The Morgan fingerprint density at radius 2 is 1.00 bits per heavy atom. The van der Waals surface area contributed by atoms with Crippen LogP contribution < -0.4 is 47.7 Å². The number of carboxylic acids is 2. The van der Waals surface area contributed by atoms with Crippen molar-refractivity contribution in [3.8, 4) is 0 Å². The zero-order chi connectivity index (χ0) is 16.0. The van der Waals surface area contributed by atoms with Crippen LogP contribution in [0.5, 0.6) is 0 Å². The van der Waals surface area contributed by atoms with Crippen molar-refractivity contribution in [1.82, 2.24) is 0 Å². The Bertz CT molecular complexity index is 253. The first-order valence-corrected chi connectivity index (χ1v) is 6.73. The van der Waals surface area contributed by atoms with Crippen LogP contribution in [0.15, 0.2) is 0 Å². The summed E-state index contributed by atoms with van der Waals surface area (Å²) >= 11 is 0. The van der Waals surface area contributed by atoms with Gasteiger partial charge in [0.2, 0.25) is 0 Å². The number of unbranched alkanes of at least 4 members (excludes halogenated alkanes) is 2. The first kappa shape index (κ1) is 34.3. The van der Waals surface area contributed by atoms with Gasteiger partial charge in [0.15, 0.2) is 0 Å². The molecule has 11 heteroatoms. The van der Waals surface area contributed by atoms with Crippen molar-refractivity contribution in [3.05, 3.63) is 0 Å². The van der Waals surface area contributed by atoms with Crippen molar-refractivity contribution in [2.45, 2.75) is 50.6 Å². The Morgan fingerprint density at radius 1 is 0.739 bits per heavy atom. The van der Waals surface area contributed by atoms with Gasteiger partial charge in [-0.15, -0.1) is 0 Å². The molecule has 8 nitrogen and oxygen atoms in total. The number of halogens is 2. The molecule has 0 aromatic rings. The van der Waals surface area contributed by atoms with Gasteiger partial charge in [-0.3, -0.25) is 9.59 Å². The van der Waals surface area contributed by atoms with E-state index in [9.17, 15) is 9.59 Å². The first-order valence-electron chi connectivity index (χ1n) is 6.73.